The quantitative estimate of drug-likeness (QED) is 0.782. The zero-order valence-electron chi connectivity index (χ0n) is 8.35. The van der Waals surface area contributed by atoms with Gasteiger partial charge in [0.25, 0.3) is 0 Å². The fraction of sp³-hybridized carbons (Fsp3) is 0.500. The van der Waals surface area contributed by atoms with Gasteiger partial charge in [-0.15, -0.1) is 0 Å². The van der Waals surface area contributed by atoms with Crippen molar-refractivity contribution in [3.8, 4) is 0 Å². The Morgan fingerprint density at radius 3 is 2.93 bits per heavy atom. The maximum absolute atomic E-state index is 11.4. The molecule has 0 bridgehead atoms. The first-order chi connectivity index (χ1) is 6.68. The van der Waals surface area contributed by atoms with E-state index in [0.717, 1.165) is 12.1 Å². The van der Waals surface area contributed by atoms with Crippen LogP contribution in [0.1, 0.15) is 12.6 Å². The zero-order valence-corrected chi connectivity index (χ0v) is 9.17. The van der Waals surface area contributed by atoms with Crippen LogP contribution in [-0.4, -0.2) is 26.7 Å². The van der Waals surface area contributed by atoms with Gasteiger partial charge in [-0.1, -0.05) is 6.07 Å². The largest absolute Gasteiger partial charge is 0.327 e. The van der Waals surface area contributed by atoms with Crippen LogP contribution in [0.5, 0.6) is 0 Å². The molecule has 2 N–H and O–H groups in total. The second-order valence-corrected chi connectivity index (χ2v) is 4.98. The van der Waals surface area contributed by atoms with Gasteiger partial charge in [-0.2, -0.15) is 0 Å². The molecule has 2 unspecified atom stereocenters. The highest BCUT2D eigenvalue weighted by Crippen LogP contribution is 1.97. The zero-order chi connectivity index (χ0) is 10.4. The number of aryl methyl sites for hydroxylation is 1. The summed E-state index contributed by atoms with van der Waals surface area (Å²) in [6.07, 6.45) is 2.52. The minimum atomic E-state index is -0.816. The Morgan fingerprint density at radius 1 is 1.57 bits per heavy atom. The molecule has 0 aromatic carbocycles. The first-order valence-electron chi connectivity index (χ1n) is 4.69. The lowest BCUT2D eigenvalue weighted by Gasteiger charge is -2.04. The number of aromatic nitrogens is 1. The monoisotopic (exact) mass is 212 g/mol. The van der Waals surface area contributed by atoms with E-state index in [0.29, 0.717) is 11.5 Å². The molecule has 4 heteroatoms. The van der Waals surface area contributed by atoms with Crippen molar-refractivity contribution in [3.63, 3.8) is 0 Å². The third kappa shape index (κ3) is 4.48. The molecule has 2 atom stereocenters. The van der Waals surface area contributed by atoms with Crippen LogP contribution in [0.2, 0.25) is 0 Å². The van der Waals surface area contributed by atoms with E-state index in [1.54, 1.807) is 6.20 Å². The van der Waals surface area contributed by atoms with Crippen LogP contribution in [0, 0.1) is 0 Å². The van der Waals surface area contributed by atoms with Crippen molar-refractivity contribution in [2.24, 2.45) is 5.73 Å². The van der Waals surface area contributed by atoms with E-state index in [1.807, 2.05) is 25.1 Å². The smallest absolute Gasteiger partial charge is 0.0412 e. The minimum Gasteiger partial charge on any atom is -0.327 e. The van der Waals surface area contributed by atoms with Crippen molar-refractivity contribution in [1.29, 1.82) is 0 Å². The highest BCUT2D eigenvalue weighted by Gasteiger charge is 2.03. The molecule has 78 valence electrons. The summed E-state index contributed by atoms with van der Waals surface area (Å²) >= 11 is 0. The Hall–Kier alpha value is -0.740. The number of nitrogens with two attached hydrogens (primary N) is 1. The molecule has 14 heavy (non-hydrogen) atoms. The van der Waals surface area contributed by atoms with E-state index < -0.39 is 10.8 Å². The van der Waals surface area contributed by atoms with Crippen LogP contribution in [0.3, 0.4) is 0 Å². The Balaban J connectivity index is 2.31. The van der Waals surface area contributed by atoms with Gasteiger partial charge in [0.1, 0.15) is 0 Å². The van der Waals surface area contributed by atoms with Crippen molar-refractivity contribution in [2.45, 2.75) is 19.4 Å². The number of hydrogen-bond acceptors (Lipinski definition) is 3. The van der Waals surface area contributed by atoms with Crippen molar-refractivity contribution in [2.75, 3.05) is 11.5 Å². The van der Waals surface area contributed by atoms with Crippen LogP contribution < -0.4 is 5.73 Å². The maximum Gasteiger partial charge on any atom is 0.0412 e. The SMILES string of the molecule is CC(N)CS(=O)CCc1ccccn1. The molecule has 0 aliphatic rings. The molecule has 0 saturated carbocycles. The molecule has 0 aliphatic carbocycles. The first kappa shape index (κ1) is 11.3. The summed E-state index contributed by atoms with van der Waals surface area (Å²) in [7, 11) is -0.816. The Labute approximate surface area is 87.2 Å². The topological polar surface area (TPSA) is 56.0 Å². The standard InChI is InChI=1S/C10H16N2OS/c1-9(11)8-14(13)7-5-10-4-2-3-6-12-10/h2-4,6,9H,5,7-8,11H2,1H3. The van der Waals surface area contributed by atoms with Gasteiger partial charge in [0.2, 0.25) is 0 Å². The molecule has 0 radical (unpaired) electrons. The maximum atomic E-state index is 11.4. The number of rotatable bonds is 5. The predicted octanol–water partition coefficient (Wildman–Crippen LogP) is 0.720. The second-order valence-electron chi connectivity index (χ2n) is 3.36. The lowest BCUT2D eigenvalue weighted by Crippen LogP contribution is -2.24. The van der Waals surface area contributed by atoms with Crippen LogP contribution in [-0.2, 0) is 17.2 Å². The molecular formula is C10H16N2OS. The van der Waals surface area contributed by atoms with Crippen LogP contribution in [0.15, 0.2) is 24.4 Å². The molecular weight excluding hydrogens is 196 g/mol. The van der Waals surface area contributed by atoms with Gasteiger partial charge in [-0.25, -0.2) is 0 Å². The Kier molecular flexibility index (Phi) is 4.76. The fourth-order valence-corrected chi connectivity index (χ4v) is 2.33. The lowest BCUT2D eigenvalue weighted by molar-refractivity contribution is 0.675. The summed E-state index contributed by atoms with van der Waals surface area (Å²) in [4.78, 5) is 4.16. The summed E-state index contributed by atoms with van der Waals surface area (Å²) in [5.74, 6) is 1.23. The Morgan fingerprint density at radius 2 is 2.36 bits per heavy atom. The summed E-state index contributed by atoms with van der Waals surface area (Å²) in [5.41, 5.74) is 6.54. The third-order valence-electron chi connectivity index (χ3n) is 1.76. The van der Waals surface area contributed by atoms with E-state index in [4.69, 9.17) is 5.73 Å². The van der Waals surface area contributed by atoms with Gasteiger partial charge in [-0.3, -0.25) is 9.19 Å². The van der Waals surface area contributed by atoms with Crippen LogP contribution in [0.25, 0.3) is 0 Å². The highest BCUT2D eigenvalue weighted by atomic mass is 32.2. The molecule has 0 saturated heterocycles. The van der Waals surface area contributed by atoms with E-state index in [-0.39, 0.29) is 6.04 Å². The summed E-state index contributed by atoms with van der Waals surface area (Å²) in [5, 5.41) is 0. The molecule has 1 aromatic rings. The van der Waals surface area contributed by atoms with Crippen molar-refractivity contribution in [1.82, 2.24) is 4.98 Å². The molecule has 1 rings (SSSR count). The normalized spacial score (nSPS) is 15.0. The molecule has 1 aromatic heterocycles. The van der Waals surface area contributed by atoms with Crippen molar-refractivity contribution in [3.05, 3.63) is 30.1 Å². The first-order valence-corrected chi connectivity index (χ1v) is 6.18. The number of pyridine rings is 1. The second kappa shape index (κ2) is 5.88. The Bertz CT molecular complexity index is 287. The predicted molar refractivity (Wildman–Crippen MR) is 59.5 cm³/mol. The van der Waals surface area contributed by atoms with E-state index in [2.05, 4.69) is 4.98 Å². The molecule has 0 spiro atoms. The minimum absolute atomic E-state index is 0.0135. The van der Waals surface area contributed by atoms with Gasteiger partial charge in [0, 0.05) is 46.7 Å². The van der Waals surface area contributed by atoms with Gasteiger partial charge >= 0.3 is 0 Å². The van der Waals surface area contributed by atoms with E-state index in [9.17, 15) is 4.21 Å². The van der Waals surface area contributed by atoms with Crippen LogP contribution in [0.4, 0.5) is 0 Å². The average molecular weight is 212 g/mol. The molecule has 0 aliphatic heterocycles. The van der Waals surface area contributed by atoms with Crippen LogP contribution >= 0.6 is 0 Å². The van der Waals surface area contributed by atoms with Gasteiger partial charge in [-0.05, 0) is 19.1 Å². The third-order valence-corrected chi connectivity index (χ3v) is 3.32. The number of hydrogen-bond donors (Lipinski definition) is 1. The fourth-order valence-electron chi connectivity index (χ4n) is 1.14. The number of nitrogens with zero attached hydrogens (tertiary/aromatic N) is 1. The lowest BCUT2D eigenvalue weighted by atomic mass is 10.3. The van der Waals surface area contributed by atoms with Crippen molar-refractivity contribution >= 4 is 10.8 Å². The van der Waals surface area contributed by atoms with E-state index >= 15 is 0 Å². The summed E-state index contributed by atoms with van der Waals surface area (Å²) in [6.45, 7) is 1.87. The van der Waals surface area contributed by atoms with Gasteiger partial charge in [0.05, 0.1) is 0 Å². The van der Waals surface area contributed by atoms with Crippen molar-refractivity contribution < 1.29 is 4.21 Å². The summed E-state index contributed by atoms with van der Waals surface area (Å²) in [6, 6.07) is 5.78. The molecule has 0 amide bonds. The van der Waals surface area contributed by atoms with E-state index in [1.165, 1.54) is 0 Å². The van der Waals surface area contributed by atoms with Gasteiger partial charge in [0.15, 0.2) is 0 Å². The molecule has 1 heterocycles. The highest BCUT2D eigenvalue weighted by molar-refractivity contribution is 7.85. The average Bonchev–Trinajstić information content (AvgIpc) is 2.15. The molecule has 3 nitrogen and oxygen atoms in total. The molecule has 0 fully saturated rings. The van der Waals surface area contributed by atoms with Gasteiger partial charge < -0.3 is 5.73 Å². The summed E-state index contributed by atoms with van der Waals surface area (Å²) < 4.78 is 11.4.